The van der Waals surface area contributed by atoms with E-state index >= 15 is 0 Å². The van der Waals surface area contributed by atoms with Gasteiger partial charge >= 0.3 is 0 Å². The predicted octanol–water partition coefficient (Wildman–Crippen LogP) is 5.32. The summed E-state index contributed by atoms with van der Waals surface area (Å²) in [7, 11) is 3.36. The molecule has 0 aliphatic heterocycles. The highest BCUT2D eigenvalue weighted by Crippen LogP contribution is 2.29. The van der Waals surface area contributed by atoms with Crippen LogP contribution in [0.3, 0.4) is 0 Å². The number of aryl methyl sites for hydroxylation is 1. The van der Waals surface area contributed by atoms with E-state index in [0.29, 0.717) is 0 Å². The second-order valence-electron chi connectivity index (χ2n) is 7.80. The van der Waals surface area contributed by atoms with Crippen LogP contribution in [0, 0.1) is 6.92 Å². The molecule has 0 bridgehead atoms. The monoisotopic (exact) mass is 405 g/mol. The fraction of sp³-hybridized carbons (Fsp3) is 0.320. The maximum atomic E-state index is 6.31. The average molecular weight is 406 g/mol. The summed E-state index contributed by atoms with van der Waals surface area (Å²) in [6, 6.07) is 18.4. The van der Waals surface area contributed by atoms with Crippen LogP contribution in [-0.2, 0) is 13.1 Å². The summed E-state index contributed by atoms with van der Waals surface area (Å²) < 4.78 is 10.6. The first kappa shape index (κ1) is 21.5. The van der Waals surface area contributed by atoms with E-state index in [0.717, 1.165) is 47.4 Å². The quantitative estimate of drug-likeness (QED) is 0.550. The molecule has 5 nitrogen and oxygen atoms in total. The highest BCUT2D eigenvalue weighted by atomic mass is 16.5. The second kappa shape index (κ2) is 9.53. The summed E-state index contributed by atoms with van der Waals surface area (Å²) >= 11 is 0. The van der Waals surface area contributed by atoms with Gasteiger partial charge in [-0.05, 0) is 59.9 Å². The topological polar surface area (TPSA) is 60.6 Å². The first-order valence-electron chi connectivity index (χ1n) is 10.2. The lowest BCUT2D eigenvalue weighted by atomic mass is 10.0. The van der Waals surface area contributed by atoms with Gasteiger partial charge in [-0.15, -0.1) is 0 Å². The molecule has 0 fully saturated rings. The number of hydrogen-bond donors (Lipinski definition) is 1. The fourth-order valence-corrected chi connectivity index (χ4v) is 3.41. The Balaban J connectivity index is 1.97. The largest absolute Gasteiger partial charge is 0.497 e. The van der Waals surface area contributed by atoms with Crippen molar-refractivity contribution < 1.29 is 9.47 Å². The number of nitrogens with zero attached hydrogens (tertiary/aromatic N) is 2. The normalized spacial score (nSPS) is 10.9. The number of nitrogen functional groups attached to an aromatic ring is 1. The van der Waals surface area contributed by atoms with Gasteiger partial charge in [-0.25, -0.2) is 4.98 Å². The maximum Gasteiger partial charge on any atom is 0.129 e. The molecule has 1 aromatic heterocycles. The Morgan fingerprint density at radius 2 is 1.33 bits per heavy atom. The van der Waals surface area contributed by atoms with Crippen molar-refractivity contribution in [2.24, 2.45) is 0 Å². The summed E-state index contributed by atoms with van der Waals surface area (Å²) in [5.41, 5.74) is 11.5. The molecule has 0 atom stereocenters. The molecular formula is C25H31N3O2. The van der Waals surface area contributed by atoms with Crippen LogP contribution in [0.15, 0.2) is 54.6 Å². The first-order valence-corrected chi connectivity index (χ1v) is 10.2. The van der Waals surface area contributed by atoms with Crippen LogP contribution >= 0.6 is 0 Å². The third-order valence-corrected chi connectivity index (χ3v) is 5.22. The Morgan fingerprint density at radius 1 is 0.867 bits per heavy atom. The number of rotatable bonds is 8. The van der Waals surface area contributed by atoms with Crippen LogP contribution in [0.25, 0.3) is 0 Å². The van der Waals surface area contributed by atoms with E-state index in [1.165, 1.54) is 11.1 Å². The molecule has 0 saturated carbocycles. The number of methoxy groups -OCH3 is 2. The van der Waals surface area contributed by atoms with E-state index in [1.807, 2.05) is 31.2 Å². The molecule has 0 amide bonds. The van der Waals surface area contributed by atoms with Gasteiger partial charge in [0.05, 0.1) is 25.6 Å². The van der Waals surface area contributed by atoms with E-state index in [4.69, 9.17) is 20.2 Å². The smallest absolute Gasteiger partial charge is 0.129 e. The minimum atomic E-state index is 0.257. The maximum absolute atomic E-state index is 6.31. The fourth-order valence-electron chi connectivity index (χ4n) is 3.41. The second-order valence-corrected chi connectivity index (χ2v) is 7.80. The highest BCUT2D eigenvalue weighted by molar-refractivity contribution is 5.58. The Kier molecular flexibility index (Phi) is 6.83. The number of aromatic nitrogens is 1. The lowest BCUT2D eigenvalue weighted by Crippen LogP contribution is -2.24. The molecule has 0 saturated heterocycles. The van der Waals surface area contributed by atoms with Crippen LogP contribution in [0.4, 0.5) is 11.5 Å². The molecule has 0 aliphatic carbocycles. The van der Waals surface area contributed by atoms with Crippen molar-refractivity contribution in [2.75, 3.05) is 24.9 Å². The van der Waals surface area contributed by atoms with Gasteiger partial charge in [0.1, 0.15) is 17.3 Å². The number of nitrogens with two attached hydrogens (primary N) is 1. The first-order chi connectivity index (χ1) is 14.4. The molecule has 0 unspecified atom stereocenters. The van der Waals surface area contributed by atoms with Crippen molar-refractivity contribution in [3.05, 3.63) is 77.0 Å². The summed E-state index contributed by atoms with van der Waals surface area (Å²) in [5, 5.41) is 0. The van der Waals surface area contributed by atoms with E-state index in [2.05, 4.69) is 49.1 Å². The number of hydrogen-bond acceptors (Lipinski definition) is 5. The molecule has 3 rings (SSSR count). The van der Waals surface area contributed by atoms with Gasteiger partial charge in [-0.2, -0.15) is 0 Å². The third kappa shape index (κ3) is 5.03. The molecule has 0 aliphatic rings. The summed E-state index contributed by atoms with van der Waals surface area (Å²) in [5.74, 6) is 2.89. The average Bonchev–Trinajstić information content (AvgIpc) is 2.76. The van der Waals surface area contributed by atoms with Gasteiger partial charge in [-0.1, -0.05) is 38.1 Å². The number of anilines is 2. The van der Waals surface area contributed by atoms with Crippen molar-refractivity contribution in [1.29, 1.82) is 0 Å². The standard InChI is InChI=1S/C25H31N3O2/c1-17(2)25-24(26)18(3)14-23(27-25)28(15-19-6-10-21(29-4)11-7-19)16-20-8-12-22(30-5)13-9-20/h6-14,17H,15-16,26H2,1-5H3. The molecule has 2 N–H and O–H groups in total. The molecule has 3 aromatic rings. The van der Waals surface area contributed by atoms with Crippen molar-refractivity contribution in [3.8, 4) is 11.5 Å². The molecule has 158 valence electrons. The van der Waals surface area contributed by atoms with Crippen LogP contribution in [0.2, 0.25) is 0 Å². The molecular weight excluding hydrogens is 374 g/mol. The Hall–Kier alpha value is -3.21. The van der Waals surface area contributed by atoms with Crippen LogP contribution in [0.1, 0.15) is 42.1 Å². The lowest BCUT2D eigenvalue weighted by molar-refractivity contribution is 0.414. The molecule has 2 aromatic carbocycles. The minimum absolute atomic E-state index is 0.257. The van der Waals surface area contributed by atoms with E-state index < -0.39 is 0 Å². The van der Waals surface area contributed by atoms with E-state index in [9.17, 15) is 0 Å². The van der Waals surface area contributed by atoms with E-state index in [-0.39, 0.29) is 5.92 Å². The van der Waals surface area contributed by atoms with Gasteiger partial charge in [0.2, 0.25) is 0 Å². The zero-order valence-electron chi connectivity index (χ0n) is 18.5. The van der Waals surface area contributed by atoms with Crippen LogP contribution < -0.4 is 20.1 Å². The van der Waals surface area contributed by atoms with Crippen LogP contribution in [-0.4, -0.2) is 19.2 Å². The van der Waals surface area contributed by atoms with Gasteiger partial charge in [0, 0.05) is 13.1 Å². The van der Waals surface area contributed by atoms with Gasteiger partial charge < -0.3 is 20.1 Å². The van der Waals surface area contributed by atoms with Crippen LogP contribution in [0.5, 0.6) is 11.5 Å². The van der Waals surface area contributed by atoms with Crippen molar-refractivity contribution in [1.82, 2.24) is 4.98 Å². The molecule has 0 radical (unpaired) electrons. The summed E-state index contributed by atoms with van der Waals surface area (Å²) in [6.45, 7) is 7.75. The van der Waals surface area contributed by atoms with Gasteiger partial charge in [0.15, 0.2) is 0 Å². The summed E-state index contributed by atoms with van der Waals surface area (Å²) in [6.07, 6.45) is 0. The minimum Gasteiger partial charge on any atom is -0.497 e. The van der Waals surface area contributed by atoms with Crippen molar-refractivity contribution >= 4 is 11.5 Å². The predicted molar refractivity (Wildman–Crippen MR) is 123 cm³/mol. The Morgan fingerprint density at radius 3 is 1.73 bits per heavy atom. The van der Waals surface area contributed by atoms with Crippen molar-refractivity contribution in [2.45, 2.75) is 39.8 Å². The van der Waals surface area contributed by atoms with E-state index in [1.54, 1.807) is 14.2 Å². The molecule has 1 heterocycles. The van der Waals surface area contributed by atoms with Gasteiger partial charge in [0.25, 0.3) is 0 Å². The molecule has 5 heteroatoms. The molecule has 0 spiro atoms. The number of pyridine rings is 1. The number of benzene rings is 2. The van der Waals surface area contributed by atoms with Gasteiger partial charge in [-0.3, -0.25) is 0 Å². The Bertz CT molecular complexity index is 917. The van der Waals surface area contributed by atoms with Crippen molar-refractivity contribution in [3.63, 3.8) is 0 Å². The Labute approximate surface area is 179 Å². The number of ether oxygens (including phenoxy) is 2. The summed E-state index contributed by atoms with van der Waals surface area (Å²) in [4.78, 5) is 7.22. The third-order valence-electron chi connectivity index (χ3n) is 5.22. The lowest BCUT2D eigenvalue weighted by Gasteiger charge is -2.26. The zero-order chi connectivity index (χ0) is 21.7. The highest BCUT2D eigenvalue weighted by Gasteiger charge is 2.16. The molecule has 30 heavy (non-hydrogen) atoms. The zero-order valence-corrected chi connectivity index (χ0v) is 18.5. The SMILES string of the molecule is COc1ccc(CN(Cc2ccc(OC)cc2)c2cc(C)c(N)c(C(C)C)n2)cc1.